The molecule has 1 aromatic rings. The molecule has 0 radical (unpaired) electrons. The highest BCUT2D eigenvalue weighted by Gasteiger charge is 2.18. The molecule has 0 aromatic carbocycles. The van der Waals surface area contributed by atoms with Gasteiger partial charge in [0.2, 0.25) is 0 Å². The number of hydrogen-bond donors (Lipinski definition) is 0. The number of nitriles is 1. The molecule has 0 aliphatic carbocycles. The van der Waals surface area contributed by atoms with E-state index in [1.807, 2.05) is 23.9 Å². The SMILES string of the molecule is CSC1CCCCN(c2ccc(C#N)cn2)C1. The number of pyridine rings is 1. The molecule has 1 aromatic heterocycles. The van der Waals surface area contributed by atoms with E-state index < -0.39 is 0 Å². The topological polar surface area (TPSA) is 39.9 Å². The van der Waals surface area contributed by atoms with E-state index >= 15 is 0 Å². The Hall–Kier alpha value is -1.21. The van der Waals surface area contributed by atoms with E-state index in [1.54, 1.807) is 6.20 Å². The van der Waals surface area contributed by atoms with Gasteiger partial charge in [0, 0.05) is 24.5 Å². The highest BCUT2D eigenvalue weighted by molar-refractivity contribution is 7.99. The molecule has 0 N–H and O–H groups in total. The van der Waals surface area contributed by atoms with Gasteiger partial charge in [-0.1, -0.05) is 6.42 Å². The van der Waals surface area contributed by atoms with Crippen LogP contribution in [-0.2, 0) is 0 Å². The maximum atomic E-state index is 8.76. The third-order valence-electron chi connectivity index (χ3n) is 3.16. The summed E-state index contributed by atoms with van der Waals surface area (Å²) in [7, 11) is 0. The second-order valence-corrected chi connectivity index (χ2v) is 5.45. The Bertz CT molecular complexity index is 396. The van der Waals surface area contributed by atoms with Gasteiger partial charge in [0.25, 0.3) is 0 Å². The van der Waals surface area contributed by atoms with E-state index in [4.69, 9.17) is 5.26 Å². The minimum Gasteiger partial charge on any atom is -0.356 e. The Morgan fingerprint density at radius 1 is 1.47 bits per heavy atom. The van der Waals surface area contributed by atoms with Gasteiger partial charge in [-0.2, -0.15) is 17.0 Å². The second kappa shape index (κ2) is 5.92. The summed E-state index contributed by atoms with van der Waals surface area (Å²) in [6.07, 6.45) is 7.68. The zero-order valence-electron chi connectivity index (χ0n) is 10.1. The first-order chi connectivity index (χ1) is 8.33. The van der Waals surface area contributed by atoms with Crippen molar-refractivity contribution in [3.63, 3.8) is 0 Å². The zero-order valence-corrected chi connectivity index (χ0v) is 10.9. The van der Waals surface area contributed by atoms with Gasteiger partial charge in [-0.25, -0.2) is 4.98 Å². The van der Waals surface area contributed by atoms with Gasteiger partial charge >= 0.3 is 0 Å². The van der Waals surface area contributed by atoms with Gasteiger partial charge in [0.15, 0.2) is 0 Å². The minimum absolute atomic E-state index is 0.630. The quantitative estimate of drug-likeness (QED) is 0.805. The van der Waals surface area contributed by atoms with Crippen LogP contribution in [0.25, 0.3) is 0 Å². The Morgan fingerprint density at radius 2 is 2.35 bits per heavy atom. The molecule has 17 heavy (non-hydrogen) atoms. The Balaban J connectivity index is 2.11. The van der Waals surface area contributed by atoms with Crippen molar-refractivity contribution in [1.82, 2.24) is 4.98 Å². The van der Waals surface area contributed by atoms with E-state index in [0.717, 1.165) is 18.9 Å². The van der Waals surface area contributed by atoms with Gasteiger partial charge < -0.3 is 4.90 Å². The number of thioether (sulfide) groups is 1. The van der Waals surface area contributed by atoms with Crippen LogP contribution >= 0.6 is 11.8 Å². The lowest BCUT2D eigenvalue weighted by molar-refractivity contribution is 0.736. The van der Waals surface area contributed by atoms with Crippen molar-refractivity contribution < 1.29 is 0 Å². The first-order valence-corrected chi connectivity index (χ1v) is 7.26. The lowest BCUT2D eigenvalue weighted by Crippen LogP contribution is -2.30. The maximum Gasteiger partial charge on any atom is 0.128 e. The third kappa shape index (κ3) is 3.13. The van der Waals surface area contributed by atoms with Crippen molar-refractivity contribution in [3.8, 4) is 6.07 Å². The molecule has 1 aliphatic heterocycles. The molecule has 0 amide bonds. The summed E-state index contributed by atoms with van der Waals surface area (Å²) in [5.74, 6) is 1.00. The first kappa shape index (κ1) is 12.3. The van der Waals surface area contributed by atoms with Crippen molar-refractivity contribution in [2.75, 3.05) is 24.2 Å². The molecular formula is C13H17N3S. The van der Waals surface area contributed by atoms with Crippen molar-refractivity contribution in [1.29, 1.82) is 5.26 Å². The van der Waals surface area contributed by atoms with Gasteiger partial charge in [0.1, 0.15) is 11.9 Å². The van der Waals surface area contributed by atoms with Crippen LogP contribution in [0, 0.1) is 11.3 Å². The molecule has 4 heteroatoms. The van der Waals surface area contributed by atoms with Gasteiger partial charge in [-0.15, -0.1) is 0 Å². The lowest BCUT2D eigenvalue weighted by Gasteiger charge is -2.24. The van der Waals surface area contributed by atoms with Gasteiger partial charge in [-0.3, -0.25) is 0 Å². The van der Waals surface area contributed by atoms with Crippen LogP contribution in [0.15, 0.2) is 18.3 Å². The normalized spacial score (nSPS) is 20.7. The molecule has 0 bridgehead atoms. The highest BCUT2D eigenvalue weighted by Crippen LogP contribution is 2.23. The largest absolute Gasteiger partial charge is 0.356 e. The minimum atomic E-state index is 0.630. The number of aromatic nitrogens is 1. The highest BCUT2D eigenvalue weighted by atomic mass is 32.2. The smallest absolute Gasteiger partial charge is 0.128 e. The van der Waals surface area contributed by atoms with Gasteiger partial charge in [-0.05, 0) is 31.2 Å². The van der Waals surface area contributed by atoms with Gasteiger partial charge in [0.05, 0.1) is 5.56 Å². The number of rotatable bonds is 2. The summed E-state index contributed by atoms with van der Waals surface area (Å²) in [5.41, 5.74) is 0.630. The summed E-state index contributed by atoms with van der Waals surface area (Å²) in [5, 5.41) is 9.46. The third-order valence-corrected chi connectivity index (χ3v) is 4.21. The van der Waals surface area contributed by atoms with Crippen LogP contribution in [0.4, 0.5) is 5.82 Å². The molecule has 1 saturated heterocycles. The number of anilines is 1. The van der Waals surface area contributed by atoms with Crippen LogP contribution in [-0.4, -0.2) is 29.6 Å². The molecule has 1 unspecified atom stereocenters. The van der Waals surface area contributed by atoms with Crippen molar-refractivity contribution >= 4 is 17.6 Å². The summed E-state index contributed by atoms with van der Waals surface area (Å²) in [4.78, 5) is 6.72. The van der Waals surface area contributed by atoms with Crippen LogP contribution in [0.3, 0.4) is 0 Å². The van der Waals surface area contributed by atoms with E-state index in [2.05, 4.69) is 22.2 Å². The molecule has 1 fully saturated rings. The van der Waals surface area contributed by atoms with Crippen LogP contribution in [0.2, 0.25) is 0 Å². The molecule has 0 spiro atoms. The zero-order chi connectivity index (χ0) is 12.1. The van der Waals surface area contributed by atoms with E-state index in [0.29, 0.717) is 10.8 Å². The fraction of sp³-hybridized carbons (Fsp3) is 0.538. The monoisotopic (exact) mass is 247 g/mol. The standard InChI is InChI=1S/C13H17N3S/c1-17-12-4-2-3-7-16(10-12)13-6-5-11(8-14)9-15-13/h5-6,9,12H,2-4,7,10H2,1H3. The molecule has 2 heterocycles. The number of nitrogens with zero attached hydrogens (tertiary/aromatic N) is 3. The molecule has 1 atom stereocenters. The average Bonchev–Trinajstić information content (AvgIpc) is 2.64. The Morgan fingerprint density at radius 3 is 3.00 bits per heavy atom. The Kier molecular flexibility index (Phi) is 4.27. The molecule has 0 saturated carbocycles. The fourth-order valence-electron chi connectivity index (χ4n) is 2.14. The summed E-state index contributed by atoms with van der Waals surface area (Å²) < 4.78 is 0. The fourth-order valence-corrected chi connectivity index (χ4v) is 2.87. The van der Waals surface area contributed by atoms with Crippen molar-refractivity contribution in [2.24, 2.45) is 0 Å². The van der Waals surface area contributed by atoms with Crippen LogP contribution in [0.1, 0.15) is 24.8 Å². The molecular weight excluding hydrogens is 230 g/mol. The molecule has 3 nitrogen and oxygen atoms in total. The van der Waals surface area contributed by atoms with Crippen molar-refractivity contribution in [2.45, 2.75) is 24.5 Å². The van der Waals surface area contributed by atoms with Crippen LogP contribution < -0.4 is 4.90 Å². The van der Waals surface area contributed by atoms with Crippen molar-refractivity contribution in [3.05, 3.63) is 23.9 Å². The van der Waals surface area contributed by atoms with E-state index in [1.165, 1.54) is 19.3 Å². The lowest BCUT2D eigenvalue weighted by atomic mass is 10.2. The Labute approximate surface area is 107 Å². The summed E-state index contributed by atoms with van der Waals surface area (Å²) >= 11 is 1.94. The molecule has 1 aliphatic rings. The predicted octanol–water partition coefficient (Wildman–Crippen LogP) is 2.68. The van der Waals surface area contributed by atoms with E-state index in [9.17, 15) is 0 Å². The molecule has 2 rings (SSSR count). The van der Waals surface area contributed by atoms with Crippen LogP contribution in [0.5, 0.6) is 0 Å². The second-order valence-electron chi connectivity index (χ2n) is 4.32. The summed E-state index contributed by atoms with van der Waals surface area (Å²) in [6, 6.07) is 5.91. The average molecular weight is 247 g/mol. The van der Waals surface area contributed by atoms with E-state index in [-0.39, 0.29) is 0 Å². The predicted molar refractivity (Wildman–Crippen MR) is 72.3 cm³/mol. The molecule has 90 valence electrons. The maximum absolute atomic E-state index is 8.76. The summed E-state index contributed by atoms with van der Waals surface area (Å²) in [6.45, 7) is 2.15. The number of hydrogen-bond acceptors (Lipinski definition) is 4. The first-order valence-electron chi connectivity index (χ1n) is 5.97.